The molecule has 1 rings (SSSR count). The predicted octanol–water partition coefficient (Wildman–Crippen LogP) is 3.04. The predicted molar refractivity (Wildman–Crippen MR) is 51.0 cm³/mol. The van der Waals surface area contributed by atoms with Gasteiger partial charge in [-0.2, -0.15) is 0 Å². The van der Waals surface area contributed by atoms with Crippen LogP contribution in [0.4, 0.5) is 0 Å². The second-order valence-electron chi connectivity index (χ2n) is 5.12. The first-order valence-corrected chi connectivity index (χ1v) is 4.93. The van der Waals surface area contributed by atoms with Crippen LogP contribution in [0.25, 0.3) is 0 Å². The van der Waals surface area contributed by atoms with Gasteiger partial charge in [0.25, 0.3) is 0 Å². The number of Topliss-reactive ketones (excluding diaryl/α,β-unsaturated/α-hetero) is 1. The minimum Gasteiger partial charge on any atom is -0.300 e. The quantitative estimate of drug-likeness (QED) is 0.588. The Morgan fingerprint density at radius 1 is 1.25 bits per heavy atom. The van der Waals surface area contributed by atoms with Crippen LogP contribution < -0.4 is 0 Å². The first kappa shape index (κ1) is 9.76. The minimum absolute atomic E-state index is 0.312. The smallest absolute Gasteiger partial charge is 0.133 e. The van der Waals surface area contributed by atoms with Gasteiger partial charge in [-0.3, -0.25) is 4.79 Å². The molecule has 1 saturated carbocycles. The van der Waals surface area contributed by atoms with Crippen molar-refractivity contribution in [2.45, 2.75) is 47.0 Å². The van der Waals surface area contributed by atoms with Crippen LogP contribution in [0, 0.1) is 17.3 Å². The Kier molecular flexibility index (Phi) is 2.60. The second-order valence-corrected chi connectivity index (χ2v) is 5.12. The Balaban J connectivity index is 2.71. The van der Waals surface area contributed by atoms with Crippen molar-refractivity contribution in [3.63, 3.8) is 0 Å². The summed E-state index contributed by atoms with van der Waals surface area (Å²) in [7, 11) is 0. The summed E-state index contributed by atoms with van der Waals surface area (Å²) in [6.07, 6.45) is 3.61. The highest BCUT2D eigenvalue weighted by Crippen LogP contribution is 2.43. The van der Waals surface area contributed by atoms with Crippen molar-refractivity contribution in [2.75, 3.05) is 0 Å². The summed E-state index contributed by atoms with van der Waals surface area (Å²) in [5.41, 5.74) is 0.312. The average molecular weight is 168 g/mol. The van der Waals surface area contributed by atoms with Gasteiger partial charge in [0.15, 0.2) is 0 Å². The maximum atomic E-state index is 11.3. The van der Waals surface area contributed by atoms with Crippen LogP contribution >= 0.6 is 0 Å². The van der Waals surface area contributed by atoms with Crippen molar-refractivity contribution in [3.8, 4) is 0 Å². The molecule has 2 atom stereocenters. The fourth-order valence-electron chi connectivity index (χ4n) is 2.48. The highest BCUT2D eigenvalue weighted by molar-refractivity contribution is 5.78. The zero-order valence-corrected chi connectivity index (χ0v) is 8.68. The topological polar surface area (TPSA) is 17.1 Å². The van der Waals surface area contributed by atoms with E-state index in [1.165, 1.54) is 12.8 Å². The van der Waals surface area contributed by atoms with Gasteiger partial charge in [-0.1, -0.05) is 27.2 Å². The third-order valence-electron chi connectivity index (χ3n) is 3.15. The second kappa shape index (κ2) is 3.20. The highest BCUT2D eigenvalue weighted by atomic mass is 16.1. The fraction of sp³-hybridized carbons (Fsp3) is 0.909. The van der Waals surface area contributed by atoms with Gasteiger partial charge in [0.1, 0.15) is 5.78 Å². The van der Waals surface area contributed by atoms with Crippen molar-refractivity contribution >= 4 is 5.78 Å². The van der Waals surface area contributed by atoms with Gasteiger partial charge in [0, 0.05) is 5.92 Å². The van der Waals surface area contributed by atoms with Crippen LogP contribution in [0.3, 0.4) is 0 Å². The number of hydrogen-bond donors (Lipinski definition) is 0. The van der Waals surface area contributed by atoms with Crippen molar-refractivity contribution in [1.29, 1.82) is 0 Å². The number of carbonyl (C=O) groups excluding carboxylic acids is 1. The van der Waals surface area contributed by atoms with E-state index in [2.05, 4.69) is 20.8 Å². The molecule has 12 heavy (non-hydrogen) atoms. The molecule has 0 aromatic carbocycles. The largest absolute Gasteiger partial charge is 0.300 e. The lowest BCUT2D eigenvalue weighted by Crippen LogP contribution is -2.27. The van der Waals surface area contributed by atoms with Crippen molar-refractivity contribution in [3.05, 3.63) is 0 Å². The van der Waals surface area contributed by atoms with Gasteiger partial charge in [0.2, 0.25) is 0 Å². The zero-order chi connectivity index (χ0) is 9.35. The number of carbonyl (C=O) groups is 1. The molecule has 0 spiro atoms. The summed E-state index contributed by atoms with van der Waals surface area (Å²) >= 11 is 0. The molecule has 1 aliphatic rings. The molecule has 0 amide bonds. The molecule has 0 N–H and O–H groups in total. The van der Waals surface area contributed by atoms with Gasteiger partial charge in [-0.05, 0) is 31.1 Å². The lowest BCUT2D eigenvalue weighted by Gasteiger charge is -2.31. The molecule has 0 unspecified atom stereocenters. The van der Waals surface area contributed by atoms with Crippen LogP contribution in [0.5, 0.6) is 0 Å². The molecule has 1 nitrogen and oxygen atoms in total. The molecule has 70 valence electrons. The molecule has 1 fully saturated rings. The van der Waals surface area contributed by atoms with Crippen molar-refractivity contribution in [2.24, 2.45) is 17.3 Å². The molecule has 0 aromatic rings. The van der Waals surface area contributed by atoms with Crippen LogP contribution in [0.2, 0.25) is 0 Å². The van der Waals surface area contributed by atoms with E-state index in [9.17, 15) is 4.79 Å². The molecule has 0 heterocycles. The summed E-state index contributed by atoms with van der Waals surface area (Å²) in [4.78, 5) is 11.3. The molecule has 1 aliphatic carbocycles. The lowest BCUT2D eigenvalue weighted by molar-refractivity contribution is -0.122. The fourth-order valence-corrected chi connectivity index (χ4v) is 2.48. The summed E-state index contributed by atoms with van der Waals surface area (Å²) in [5.74, 6) is 1.37. The summed E-state index contributed by atoms with van der Waals surface area (Å²) in [6.45, 7) is 8.49. The number of ketones is 1. The normalized spacial score (nSPS) is 30.7. The third kappa shape index (κ3) is 1.88. The molecule has 1 heteroatoms. The van der Waals surface area contributed by atoms with Gasteiger partial charge in [-0.25, -0.2) is 0 Å². The summed E-state index contributed by atoms with van der Waals surface area (Å²) < 4.78 is 0. The monoisotopic (exact) mass is 168 g/mol. The Bertz CT molecular complexity index is 176. The molecular weight excluding hydrogens is 148 g/mol. The molecule has 0 aromatic heterocycles. The maximum absolute atomic E-state index is 11.3. The van der Waals surface area contributed by atoms with E-state index in [0.717, 1.165) is 6.42 Å². The standard InChI is InChI=1S/C11H20O/c1-8(12)9-6-5-7-10(9)11(2,3)4/h9-10H,5-7H2,1-4H3/t9-,10-/m0/s1. The maximum Gasteiger partial charge on any atom is 0.133 e. The first-order chi connectivity index (χ1) is 5.43. The Hall–Kier alpha value is -0.330. The SMILES string of the molecule is CC(=O)[C@@H]1CCC[C@@H]1C(C)(C)C. The summed E-state index contributed by atoms with van der Waals surface area (Å²) in [6, 6.07) is 0. The third-order valence-corrected chi connectivity index (χ3v) is 3.15. The van der Waals surface area contributed by atoms with E-state index >= 15 is 0 Å². The molecule has 0 saturated heterocycles. The van der Waals surface area contributed by atoms with E-state index in [0.29, 0.717) is 23.0 Å². The van der Waals surface area contributed by atoms with Crippen LogP contribution in [0.15, 0.2) is 0 Å². The molecule has 0 aliphatic heterocycles. The first-order valence-electron chi connectivity index (χ1n) is 4.93. The Morgan fingerprint density at radius 3 is 2.17 bits per heavy atom. The molecular formula is C11H20O. The van der Waals surface area contributed by atoms with Gasteiger partial charge >= 0.3 is 0 Å². The zero-order valence-electron chi connectivity index (χ0n) is 8.68. The lowest BCUT2D eigenvalue weighted by atomic mass is 9.74. The van der Waals surface area contributed by atoms with E-state index in [1.54, 1.807) is 6.92 Å². The number of rotatable bonds is 1. The molecule has 0 radical (unpaired) electrons. The van der Waals surface area contributed by atoms with Crippen LogP contribution in [0.1, 0.15) is 47.0 Å². The number of hydrogen-bond acceptors (Lipinski definition) is 1. The molecule has 0 bridgehead atoms. The van der Waals surface area contributed by atoms with E-state index in [4.69, 9.17) is 0 Å². The van der Waals surface area contributed by atoms with Crippen LogP contribution in [-0.4, -0.2) is 5.78 Å². The van der Waals surface area contributed by atoms with Gasteiger partial charge in [-0.15, -0.1) is 0 Å². The summed E-state index contributed by atoms with van der Waals surface area (Å²) in [5, 5.41) is 0. The van der Waals surface area contributed by atoms with Gasteiger partial charge < -0.3 is 0 Å². The van der Waals surface area contributed by atoms with E-state index in [1.807, 2.05) is 0 Å². The van der Waals surface area contributed by atoms with E-state index in [-0.39, 0.29) is 0 Å². The van der Waals surface area contributed by atoms with E-state index < -0.39 is 0 Å². The van der Waals surface area contributed by atoms with Gasteiger partial charge in [0.05, 0.1) is 0 Å². The van der Waals surface area contributed by atoms with Crippen molar-refractivity contribution in [1.82, 2.24) is 0 Å². The average Bonchev–Trinajstić information content (AvgIpc) is 2.30. The van der Waals surface area contributed by atoms with Crippen molar-refractivity contribution < 1.29 is 4.79 Å². The van der Waals surface area contributed by atoms with Crippen LogP contribution in [-0.2, 0) is 4.79 Å². The highest BCUT2D eigenvalue weighted by Gasteiger charge is 2.37. The Morgan fingerprint density at radius 2 is 1.83 bits per heavy atom. The Labute approximate surface area is 75.5 Å². The minimum atomic E-state index is 0.312.